The largest absolute Gasteiger partial charge is 0.445 e. The minimum absolute atomic E-state index is 0.00669. The zero-order valence-electron chi connectivity index (χ0n) is 15.8. The molecule has 2 unspecified atom stereocenters. The molecular formula is C22H24N2O3S. The van der Waals surface area contributed by atoms with Crippen LogP contribution in [0.1, 0.15) is 25.3 Å². The predicted molar refractivity (Wildman–Crippen MR) is 110 cm³/mol. The van der Waals surface area contributed by atoms with E-state index in [-0.39, 0.29) is 24.0 Å². The van der Waals surface area contributed by atoms with Crippen molar-refractivity contribution in [2.45, 2.75) is 37.7 Å². The van der Waals surface area contributed by atoms with Crippen LogP contribution in [0.4, 0.5) is 4.79 Å². The number of thioether (sulfide) groups is 1. The van der Waals surface area contributed by atoms with Gasteiger partial charge in [-0.3, -0.25) is 5.21 Å². The minimum atomic E-state index is -0.265. The van der Waals surface area contributed by atoms with Crippen LogP contribution >= 0.6 is 11.8 Å². The Morgan fingerprint density at radius 1 is 1.32 bits per heavy atom. The van der Waals surface area contributed by atoms with Crippen molar-refractivity contribution in [3.63, 3.8) is 0 Å². The van der Waals surface area contributed by atoms with Gasteiger partial charge in [0, 0.05) is 17.6 Å². The van der Waals surface area contributed by atoms with Crippen molar-refractivity contribution < 1.29 is 14.7 Å². The van der Waals surface area contributed by atoms with Crippen LogP contribution in [0, 0.1) is 0 Å². The summed E-state index contributed by atoms with van der Waals surface area (Å²) in [6.45, 7) is 3.05. The summed E-state index contributed by atoms with van der Waals surface area (Å²) < 4.78 is 5.59. The van der Waals surface area contributed by atoms with Crippen LogP contribution < -0.4 is 0 Å². The second kappa shape index (κ2) is 8.29. The van der Waals surface area contributed by atoms with Crippen molar-refractivity contribution in [3.8, 4) is 0 Å². The highest BCUT2D eigenvalue weighted by atomic mass is 32.2. The first-order chi connectivity index (χ1) is 13.7. The lowest BCUT2D eigenvalue weighted by molar-refractivity contribution is -0.000729. The van der Waals surface area contributed by atoms with Crippen LogP contribution in [-0.4, -0.2) is 39.1 Å². The summed E-state index contributed by atoms with van der Waals surface area (Å²) in [5, 5.41) is 11.3. The van der Waals surface area contributed by atoms with E-state index in [4.69, 9.17) is 4.74 Å². The number of fused-ring (bicyclic) bond motifs is 1. The molecule has 1 aromatic carbocycles. The fourth-order valence-corrected chi connectivity index (χ4v) is 5.15. The van der Waals surface area contributed by atoms with E-state index in [1.165, 1.54) is 10.6 Å². The number of benzene rings is 1. The molecule has 0 fully saturated rings. The third-order valence-corrected chi connectivity index (χ3v) is 6.46. The number of rotatable bonds is 4. The van der Waals surface area contributed by atoms with Crippen LogP contribution in [-0.2, 0) is 11.3 Å². The number of hydroxylamine groups is 2. The Bertz CT molecular complexity index is 860. The second-order valence-electron chi connectivity index (χ2n) is 6.96. The Kier molecular flexibility index (Phi) is 5.59. The highest BCUT2D eigenvalue weighted by Gasteiger charge is 2.36. The van der Waals surface area contributed by atoms with Crippen molar-refractivity contribution >= 4 is 17.9 Å². The molecule has 1 aromatic rings. The first kappa shape index (κ1) is 18.9. The van der Waals surface area contributed by atoms with Gasteiger partial charge in [0.25, 0.3) is 0 Å². The molecule has 0 aromatic heterocycles. The van der Waals surface area contributed by atoms with E-state index in [1.807, 2.05) is 47.4 Å². The average Bonchev–Trinajstić information content (AvgIpc) is 3.18. The molecule has 5 nitrogen and oxygen atoms in total. The van der Waals surface area contributed by atoms with E-state index in [0.29, 0.717) is 6.54 Å². The van der Waals surface area contributed by atoms with Crippen molar-refractivity contribution in [3.05, 3.63) is 82.6 Å². The molecule has 3 aliphatic heterocycles. The van der Waals surface area contributed by atoms with Crippen LogP contribution in [0.3, 0.4) is 0 Å². The first-order valence-electron chi connectivity index (χ1n) is 9.60. The van der Waals surface area contributed by atoms with Crippen molar-refractivity contribution in [1.82, 2.24) is 9.96 Å². The number of allylic oxidation sites excluding steroid dienone is 2. The molecule has 0 saturated heterocycles. The highest BCUT2D eigenvalue weighted by molar-refractivity contribution is 8.04. The van der Waals surface area contributed by atoms with Crippen molar-refractivity contribution in [2.75, 3.05) is 6.54 Å². The molecule has 6 heteroatoms. The lowest BCUT2D eigenvalue weighted by Gasteiger charge is -2.37. The van der Waals surface area contributed by atoms with Crippen molar-refractivity contribution in [2.24, 2.45) is 0 Å². The van der Waals surface area contributed by atoms with Gasteiger partial charge in [0.05, 0.1) is 17.0 Å². The quantitative estimate of drug-likeness (QED) is 0.739. The Morgan fingerprint density at radius 2 is 2.14 bits per heavy atom. The number of hydrogen-bond donors (Lipinski definition) is 1. The first-order valence-corrected chi connectivity index (χ1v) is 10.5. The van der Waals surface area contributed by atoms with E-state index in [1.54, 1.807) is 18.0 Å². The summed E-state index contributed by atoms with van der Waals surface area (Å²) in [6.07, 6.45) is 11.2. The zero-order valence-corrected chi connectivity index (χ0v) is 16.6. The molecule has 28 heavy (non-hydrogen) atoms. The molecule has 3 heterocycles. The van der Waals surface area contributed by atoms with E-state index in [2.05, 4.69) is 19.1 Å². The summed E-state index contributed by atoms with van der Waals surface area (Å²) in [6, 6.07) is 9.75. The number of amides is 1. The van der Waals surface area contributed by atoms with Gasteiger partial charge in [-0.25, -0.2) is 9.86 Å². The predicted octanol–water partition coefficient (Wildman–Crippen LogP) is 4.84. The fraction of sp³-hybridized carbons (Fsp3) is 0.318. The number of carbonyl (C=O) groups is 1. The number of nitrogens with zero attached hydrogens (tertiary/aromatic N) is 2. The molecule has 2 atom stereocenters. The number of hydrogen-bond acceptors (Lipinski definition) is 5. The van der Waals surface area contributed by atoms with Crippen LogP contribution in [0.2, 0.25) is 0 Å². The minimum Gasteiger partial charge on any atom is -0.445 e. The smallest absolute Gasteiger partial charge is 0.410 e. The Balaban J connectivity index is 1.47. The van der Waals surface area contributed by atoms with Crippen LogP contribution in [0.15, 0.2) is 77.0 Å². The molecule has 4 rings (SSSR count). The van der Waals surface area contributed by atoms with E-state index < -0.39 is 0 Å². The van der Waals surface area contributed by atoms with E-state index >= 15 is 0 Å². The second-order valence-corrected chi connectivity index (χ2v) is 8.14. The summed E-state index contributed by atoms with van der Waals surface area (Å²) in [5.41, 5.74) is 3.02. The standard InChI is InChI=1S/C22H24N2O3S/c1-2-18-17(21-14-19-20(28-21)11-7-13-24(19)26)10-6-12-23(18)22(25)27-15-16-8-4-3-5-9-16/h3-5,7-11,13-14,18,21,26H,2,6,12,15H2,1H3. The average molecular weight is 397 g/mol. The summed E-state index contributed by atoms with van der Waals surface area (Å²) in [4.78, 5) is 15.7. The molecule has 1 amide bonds. The molecule has 0 spiro atoms. The molecule has 0 radical (unpaired) electrons. The lowest BCUT2D eigenvalue weighted by atomic mass is 9.94. The Morgan fingerprint density at radius 3 is 2.89 bits per heavy atom. The third-order valence-electron chi connectivity index (χ3n) is 5.20. The maximum absolute atomic E-state index is 12.8. The topological polar surface area (TPSA) is 53.0 Å². The summed E-state index contributed by atoms with van der Waals surface area (Å²) in [5.74, 6) is 0. The van der Waals surface area contributed by atoms with Gasteiger partial charge in [0.15, 0.2) is 0 Å². The lowest BCUT2D eigenvalue weighted by Crippen LogP contribution is -2.45. The summed E-state index contributed by atoms with van der Waals surface area (Å²) in [7, 11) is 0. The van der Waals surface area contributed by atoms with Crippen LogP contribution in [0.25, 0.3) is 0 Å². The molecule has 146 valence electrons. The zero-order chi connectivity index (χ0) is 19.5. The molecule has 1 N–H and O–H groups in total. The molecule has 0 bridgehead atoms. The molecule has 0 saturated carbocycles. The van der Waals surface area contributed by atoms with E-state index in [9.17, 15) is 10.0 Å². The Labute approximate surface area is 169 Å². The number of ether oxygens (including phenoxy) is 1. The maximum atomic E-state index is 12.8. The summed E-state index contributed by atoms with van der Waals surface area (Å²) >= 11 is 1.72. The molecule has 3 aliphatic rings. The monoisotopic (exact) mass is 396 g/mol. The van der Waals surface area contributed by atoms with Gasteiger partial charge < -0.3 is 9.64 Å². The van der Waals surface area contributed by atoms with Gasteiger partial charge in [-0.05, 0) is 42.2 Å². The van der Waals surface area contributed by atoms with Gasteiger partial charge in [-0.1, -0.05) is 43.3 Å². The van der Waals surface area contributed by atoms with E-state index in [0.717, 1.165) is 29.0 Å². The molecular weight excluding hydrogens is 372 g/mol. The highest BCUT2D eigenvalue weighted by Crippen LogP contribution is 2.45. The molecule has 0 aliphatic carbocycles. The van der Waals surface area contributed by atoms with Crippen LogP contribution in [0.5, 0.6) is 0 Å². The SMILES string of the molecule is CCC1C(C2C=C3C(=CC=CN3O)S2)=CCCN1C(=O)OCc1ccccc1. The normalized spacial score (nSPS) is 23.7. The van der Waals surface area contributed by atoms with Gasteiger partial charge >= 0.3 is 6.09 Å². The third kappa shape index (κ3) is 3.75. The Hall–Kier alpha value is -2.44. The van der Waals surface area contributed by atoms with Gasteiger partial charge in [0.2, 0.25) is 0 Å². The maximum Gasteiger partial charge on any atom is 0.410 e. The van der Waals surface area contributed by atoms with Crippen molar-refractivity contribution in [1.29, 1.82) is 0 Å². The van der Waals surface area contributed by atoms with Gasteiger partial charge in [0.1, 0.15) is 6.61 Å². The van der Waals surface area contributed by atoms with Gasteiger partial charge in [-0.15, -0.1) is 11.8 Å². The number of carbonyl (C=O) groups excluding carboxylic acids is 1. The van der Waals surface area contributed by atoms with Gasteiger partial charge in [-0.2, -0.15) is 0 Å². The fourth-order valence-electron chi connectivity index (χ4n) is 3.85.